The third-order valence-corrected chi connectivity index (χ3v) is 3.51. The fraction of sp³-hybridized carbons (Fsp3) is 0.462. The normalized spacial score (nSPS) is 19.1. The van der Waals surface area contributed by atoms with Gasteiger partial charge in [0, 0.05) is 4.47 Å². The summed E-state index contributed by atoms with van der Waals surface area (Å²) in [5, 5.41) is 0. The molecule has 0 amide bonds. The summed E-state index contributed by atoms with van der Waals surface area (Å²) in [6.07, 6.45) is 0. The monoisotopic (exact) mass is 297 g/mol. The molecule has 0 unspecified atom stereocenters. The SMILES string of the molecule is COc1cccc(Br)c1C1=N[C@H](C(C)C)CO1. The van der Waals surface area contributed by atoms with Crippen molar-refractivity contribution in [3.63, 3.8) is 0 Å². The Balaban J connectivity index is 2.38. The van der Waals surface area contributed by atoms with Gasteiger partial charge in [-0.25, -0.2) is 4.99 Å². The fourth-order valence-electron chi connectivity index (χ4n) is 1.75. The van der Waals surface area contributed by atoms with Crippen molar-refractivity contribution in [2.24, 2.45) is 10.9 Å². The highest BCUT2D eigenvalue weighted by atomic mass is 79.9. The van der Waals surface area contributed by atoms with Crippen LogP contribution in [0.25, 0.3) is 0 Å². The molecule has 0 fully saturated rings. The first kappa shape index (κ1) is 12.4. The third kappa shape index (κ3) is 2.46. The highest BCUT2D eigenvalue weighted by Gasteiger charge is 2.26. The van der Waals surface area contributed by atoms with Crippen LogP contribution in [-0.4, -0.2) is 25.7 Å². The van der Waals surface area contributed by atoms with E-state index in [1.165, 1.54) is 0 Å². The maximum absolute atomic E-state index is 5.68. The molecule has 0 aromatic heterocycles. The molecule has 0 aliphatic carbocycles. The van der Waals surface area contributed by atoms with Crippen LogP contribution in [0.2, 0.25) is 0 Å². The zero-order valence-corrected chi connectivity index (χ0v) is 11.8. The standard InChI is InChI=1S/C13H16BrNO2/c1-8(2)10-7-17-13(15-10)12-9(14)5-4-6-11(12)16-3/h4-6,8,10H,7H2,1-3H3/t10-/m0/s1. The van der Waals surface area contributed by atoms with Gasteiger partial charge in [0.15, 0.2) is 0 Å². The lowest BCUT2D eigenvalue weighted by Gasteiger charge is -2.09. The number of halogens is 1. The predicted octanol–water partition coefficient (Wildman–Crippen LogP) is 3.26. The van der Waals surface area contributed by atoms with Crippen molar-refractivity contribution in [2.45, 2.75) is 19.9 Å². The van der Waals surface area contributed by atoms with E-state index in [1.54, 1.807) is 7.11 Å². The largest absolute Gasteiger partial charge is 0.496 e. The second-order valence-corrected chi connectivity index (χ2v) is 5.23. The number of ether oxygens (including phenoxy) is 2. The maximum Gasteiger partial charge on any atom is 0.221 e. The molecule has 92 valence electrons. The van der Waals surface area contributed by atoms with Crippen molar-refractivity contribution in [2.75, 3.05) is 13.7 Å². The van der Waals surface area contributed by atoms with Gasteiger partial charge in [-0.3, -0.25) is 0 Å². The molecule has 0 bridgehead atoms. The van der Waals surface area contributed by atoms with Gasteiger partial charge < -0.3 is 9.47 Å². The summed E-state index contributed by atoms with van der Waals surface area (Å²) in [5.74, 6) is 1.94. The molecule has 0 radical (unpaired) electrons. The lowest BCUT2D eigenvalue weighted by Crippen LogP contribution is -2.13. The first-order valence-electron chi connectivity index (χ1n) is 5.67. The van der Waals surface area contributed by atoms with E-state index in [2.05, 4.69) is 34.8 Å². The molecular weight excluding hydrogens is 282 g/mol. The van der Waals surface area contributed by atoms with Crippen LogP contribution in [0.4, 0.5) is 0 Å². The Morgan fingerprint density at radius 2 is 2.24 bits per heavy atom. The van der Waals surface area contributed by atoms with E-state index in [9.17, 15) is 0 Å². The van der Waals surface area contributed by atoms with Gasteiger partial charge in [-0.15, -0.1) is 0 Å². The van der Waals surface area contributed by atoms with Gasteiger partial charge >= 0.3 is 0 Å². The van der Waals surface area contributed by atoms with Gasteiger partial charge in [-0.1, -0.05) is 19.9 Å². The zero-order chi connectivity index (χ0) is 12.4. The molecule has 1 heterocycles. The molecule has 0 saturated heterocycles. The second kappa shape index (κ2) is 5.08. The Kier molecular flexibility index (Phi) is 3.72. The molecule has 1 aliphatic rings. The second-order valence-electron chi connectivity index (χ2n) is 4.37. The summed E-state index contributed by atoms with van der Waals surface area (Å²) in [7, 11) is 1.65. The Hall–Kier alpha value is -1.03. The van der Waals surface area contributed by atoms with Crippen molar-refractivity contribution in [3.8, 4) is 5.75 Å². The van der Waals surface area contributed by atoms with Crippen molar-refractivity contribution >= 4 is 21.8 Å². The van der Waals surface area contributed by atoms with Crippen LogP contribution in [0.3, 0.4) is 0 Å². The molecule has 0 N–H and O–H groups in total. The van der Waals surface area contributed by atoms with Gasteiger partial charge in [0.25, 0.3) is 0 Å². The molecule has 0 spiro atoms. The minimum atomic E-state index is 0.238. The van der Waals surface area contributed by atoms with Crippen LogP contribution >= 0.6 is 15.9 Å². The summed E-state index contributed by atoms with van der Waals surface area (Å²) in [6, 6.07) is 6.05. The van der Waals surface area contributed by atoms with Crippen LogP contribution in [-0.2, 0) is 4.74 Å². The quantitative estimate of drug-likeness (QED) is 0.857. The van der Waals surface area contributed by atoms with Crippen molar-refractivity contribution in [1.29, 1.82) is 0 Å². The average Bonchev–Trinajstić information content (AvgIpc) is 2.77. The molecule has 0 saturated carbocycles. The number of benzene rings is 1. The number of aliphatic imine (C=N–C) groups is 1. The minimum absolute atomic E-state index is 0.238. The first-order valence-corrected chi connectivity index (χ1v) is 6.46. The van der Waals surface area contributed by atoms with E-state index in [-0.39, 0.29) is 6.04 Å². The Labute approximate surface area is 110 Å². The topological polar surface area (TPSA) is 30.8 Å². The lowest BCUT2D eigenvalue weighted by atomic mass is 10.1. The molecule has 2 rings (SSSR count). The molecule has 1 aliphatic heterocycles. The molecule has 1 atom stereocenters. The van der Waals surface area contributed by atoms with Gasteiger partial charge in [-0.05, 0) is 34.0 Å². The van der Waals surface area contributed by atoms with Crippen molar-refractivity contribution in [3.05, 3.63) is 28.2 Å². The summed E-state index contributed by atoms with van der Waals surface area (Å²) in [4.78, 5) is 4.61. The van der Waals surface area contributed by atoms with E-state index < -0.39 is 0 Å². The number of nitrogens with zero attached hydrogens (tertiary/aromatic N) is 1. The highest BCUT2D eigenvalue weighted by molar-refractivity contribution is 9.10. The summed E-state index contributed by atoms with van der Waals surface area (Å²) >= 11 is 3.51. The molecular formula is C13H16BrNO2. The zero-order valence-electron chi connectivity index (χ0n) is 10.2. The smallest absolute Gasteiger partial charge is 0.221 e. The van der Waals surface area contributed by atoms with E-state index >= 15 is 0 Å². The van der Waals surface area contributed by atoms with E-state index in [1.807, 2.05) is 18.2 Å². The van der Waals surface area contributed by atoms with Crippen LogP contribution in [0.1, 0.15) is 19.4 Å². The van der Waals surface area contributed by atoms with E-state index in [0.29, 0.717) is 18.4 Å². The fourth-order valence-corrected chi connectivity index (χ4v) is 2.27. The van der Waals surface area contributed by atoms with E-state index in [0.717, 1.165) is 15.8 Å². The third-order valence-electron chi connectivity index (χ3n) is 2.85. The number of methoxy groups -OCH3 is 1. The summed E-state index contributed by atoms with van der Waals surface area (Å²) < 4.78 is 12.0. The van der Waals surface area contributed by atoms with Crippen LogP contribution in [0.15, 0.2) is 27.7 Å². The van der Waals surface area contributed by atoms with Crippen LogP contribution in [0, 0.1) is 5.92 Å². The maximum atomic E-state index is 5.68. The molecule has 1 aromatic carbocycles. The van der Waals surface area contributed by atoms with Gasteiger partial charge in [-0.2, -0.15) is 0 Å². The Morgan fingerprint density at radius 1 is 1.47 bits per heavy atom. The molecule has 3 nitrogen and oxygen atoms in total. The highest BCUT2D eigenvalue weighted by Crippen LogP contribution is 2.30. The summed E-state index contributed by atoms with van der Waals surface area (Å²) in [6.45, 7) is 4.95. The predicted molar refractivity (Wildman–Crippen MR) is 71.8 cm³/mol. The Morgan fingerprint density at radius 3 is 2.82 bits per heavy atom. The molecule has 4 heteroatoms. The number of hydrogen-bond acceptors (Lipinski definition) is 3. The number of hydrogen-bond donors (Lipinski definition) is 0. The van der Waals surface area contributed by atoms with Gasteiger partial charge in [0.1, 0.15) is 12.4 Å². The van der Waals surface area contributed by atoms with Crippen LogP contribution < -0.4 is 4.74 Å². The van der Waals surface area contributed by atoms with Gasteiger partial charge in [0.2, 0.25) is 5.90 Å². The van der Waals surface area contributed by atoms with E-state index in [4.69, 9.17) is 9.47 Å². The molecule has 1 aromatic rings. The first-order chi connectivity index (χ1) is 8.13. The lowest BCUT2D eigenvalue weighted by molar-refractivity contribution is 0.290. The van der Waals surface area contributed by atoms with Crippen molar-refractivity contribution in [1.82, 2.24) is 0 Å². The molecule has 17 heavy (non-hydrogen) atoms. The minimum Gasteiger partial charge on any atom is -0.496 e. The Bertz CT molecular complexity index is 443. The number of rotatable bonds is 3. The van der Waals surface area contributed by atoms with Crippen LogP contribution in [0.5, 0.6) is 5.75 Å². The van der Waals surface area contributed by atoms with Crippen molar-refractivity contribution < 1.29 is 9.47 Å². The average molecular weight is 298 g/mol. The summed E-state index contributed by atoms with van der Waals surface area (Å²) in [5.41, 5.74) is 0.901. The van der Waals surface area contributed by atoms with Gasteiger partial charge in [0.05, 0.1) is 18.7 Å².